The maximum Gasteiger partial charge on any atom is 0.222 e. The summed E-state index contributed by atoms with van der Waals surface area (Å²) < 4.78 is 6.57. The first-order valence-corrected chi connectivity index (χ1v) is 11.0. The minimum absolute atomic E-state index is 0.263. The van der Waals surface area contributed by atoms with Crippen LogP contribution in [0.25, 0.3) is 10.1 Å². The summed E-state index contributed by atoms with van der Waals surface area (Å²) in [6.45, 7) is 2.43. The van der Waals surface area contributed by atoms with Crippen molar-refractivity contribution in [3.8, 4) is 5.75 Å². The first kappa shape index (κ1) is 19.9. The highest BCUT2D eigenvalue weighted by Crippen LogP contribution is 2.28. The maximum absolute atomic E-state index is 12.7. The topological polar surface area (TPSA) is 32.8 Å². The van der Waals surface area contributed by atoms with Crippen molar-refractivity contribution < 1.29 is 9.53 Å². The number of methoxy groups -OCH3 is 1. The second-order valence-corrected chi connectivity index (χ2v) is 8.98. The van der Waals surface area contributed by atoms with E-state index < -0.39 is 0 Å². The number of carbonyl (C=O) groups is 1. The fraction of sp³-hybridized carbons (Fsp3) is 0.375. The van der Waals surface area contributed by atoms with E-state index in [2.05, 4.69) is 42.3 Å². The van der Waals surface area contributed by atoms with Crippen LogP contribution in [0.15, 0.2) is 54.6 Å². The predicted molar refractivity (Wildman–Crippen MR) is 119 cm³/mol. The Bertz CT molecular complexity index is 933. The van der Waals surface area contributed by atoms with Gasteiger partial charge in [-0.2, -0.15) is 0 Å². The Morgan fingerprint density at radius 3 is 2.69 bits per heavy atom. The molecule has 0 N–H and O–H groups in total. The van der Waals surface area contributed by atoms with Gasteiger partial charge in [0.05, 0.1) is 7.11 Å². The van der Waals surface area contributed by atoms with Crippen LogP contribution in [0.3, 0.4) is 0 Å². The van der Waals surface area contributed by atoms with Crippen molar-refractivity contribution in [2.75, 3.05) is 20.7 Å². The van der Waals surface area contributed by atoms with E-state index in [4.69, 9.17) is 4.74 Å². The Balaban J connectivity index is 1.36. The highest BCUT2D eigenvalue weighted by molar-refractivity contribution is 7.19. The van der Waals surface area contributed by atoms with Crippen LogP contribution >= 0.6 is 11.3 Å². The Kier molecular flexibility index (Phi) is 6.16. The van der Waals surface area contributed by atoms with E-state index >= 15 is 0 Å². The lowest BCUT2D eigenvalue weighted by Crippen LogP contribution is -2.33. The quantitative estimate of drug-likeness (QED) is 0.580. The monoisotopic (exact) mass is 408 g/mol. The van der Waals surface area contributed by atoms with Gasteiger partial charge in [0.1, 0.15) is 5.75 Å². The van der Waals surface area contributed by atoms with Gasteiger partial charge in [-0.1, -0.05) is 30.3 Å². The van der Waals surface area contributed by atoms with Gasteiger partial charge in [0.25, 0.3) is 0 Å². The molecule has 1 saturated heterocycles. The van der Waals surface area contributed by atoms with E-state index in [-0.39, 0.29) is 5.91 Å². The molecule has 2 heterocycles. The van der Waals surface area contributed by atoms with Crippen molar-refractivity contribution in [2.45, 2.75) is 38.4 Å². The molecular formula is C24H28N2O2S. The lowest BCUT2D eigenvalue weighted by atomic mass is 10.1. The van der Waals surface area contributed by atoms with Gasteiger partial charge in [0, 0.05) is 41.7 Å². The van der Waals surface area contributed by atoms with Crippen LogP contribution in [-0.4, -0.2) is 42.5 Å². The Hall–Kier alpha value is -2.37. The molecule has 0 aliphatic carbocycles. The summed E-state index contributed by atoms with van der Waals surface area (Å²) >= 11 is 1.87. The number of carbonyl (C=O) groups excluding carboxylic acids is 1. The lowest BCUT2D eigenvalue weighted by Gasteiger charge is -2.26. The van der Waals surface area contributed by atoms with E-state index in [1.165, 1.54) is 15.0 Å². The van der Waals surface area contributed by atoms with Crippen LogP contribution in [0.1, 0.15) is 29.7 Å². The normalized spacial score (nSPS) is 17.7. The molecule has 4 nitrogen and oxygen atoms in total. The number of amides is 1. The van der Waals surface area contributed by atoms with E-state index in [9.17, 15) is 4.79 Å². The molecule has 1 atom stereocenters. The SMILES string of the molecule is COc1ccc(CN2CC[C@@H](N(C)Cc3cc4ccccc4s3)CCC2=O)cc1. The summed E-state index contributed by atoms with van der Waals surface area (Å²) in [5, 5.41) is 1.32. The summed E-state index contributed by atoms with van der Waals surface area (Å²) in [5.41, 5.74) is 1.15. The molecule has 29 heavy (non-hydrogen) atoms. The molecule has 5 heteroatoms. The van der Waals surface area contributed by atoms with Crippen molar-refractivity contribution in [3.05, 3.63) is 65.0 Å². The third-order valence-electron chi connectivity index (χ3n) is 5.81. The number of hydrogen-bond donors (Lipinski definition) is 0. The van der Waals surface area contributed by atoms with Gasteiger partial charge in [0.15, 0.2) is 0 Å². The molecule has 3 aromatic rings. The molecule has 0 spiro atoms. The number of hydrogen-bond acceptors (Lipinski definition) is 4. The number of rotatable bonds is 6. The molecule has 4 rings (SSSR count). The number of nitrogens with zero attached hydrogens (tertiary/aromatic N) is 2. The third-order valence-corrected chi connectivity index (χ3v) is 6.91. The van der Waals surface area contributed by atoms with Crippen LogP contribution in [0.4, 0.5) is 0 Å². The highest BCUT2D eigenvalue weighted by atomic mass is 32.1. The number of likely N-dealkylation sites (tertiary alicyclic amines) is 1. The van der Waals surface area contributed by atoms with Gasteiger partial charge in [-0.05, 0) is 55.1 Å². The molecule has 1 aromatic heterocycles. The van der Waals surface area contributed by atoms with Crippen molar-refractivity contribution >= 4 is 27.3 Å². The van der Waals surface area contributed by atoms with Crippen LogP contribution in [0.5, 0.6) is 5.75 Å². The van der Waals surface area contributed by atoms with Crippen molar-refractivity contribution in [1.29, 1.82) is 0 Å². The standard InChI is InChI=1S/C24H28N2O2S/c1-25(17-22-15-19-5-3-4-6-23(19)29-22)20-9-12-24(27)26(14-13-20)16-18-7-10-21(28-2)11-8-18/h3-8,10-11,15,20H,9,12-14,16-17H2,1-2H3/t20-/m0/s1. The van der Waals surface area contributed by atoms with Gasteiger partial charge in [-0.25, -0.2) is 0 Å². The number of thiophene rings is 1. The minimum atomic E-state index is 0.263. The van der Waals surface area contributed by atoms with Crippen molar-refractivity contribution in [2.24, 2.45) is 0 Å². The first-order chi connectivity index (χ1) is 14.1. The molecule has 0 bridgehead atoms. The number of ether oxygens (including phenoxy) is 1. The largest absolute Gasteiger partial charge is 0.497 e. The zero-order valence-corrected chi connectivity index (χ0v) is 18.0. The zero-order valence-electron chi connectivity index (χ0n) is 17.1. The molecular weight excluding hydrogens is 380 g/mol. The summed E-state index contributed by atoms with van der Waals surface area (Å²) in [5.74, 6) is 1.11. The Labute approximate surface area is 176 Å². The molecule has 1 aliphatic heterocycles. The van der Waals surface area contributed by atoms with Gasteiger partial charge in [-0.15, -0.1) is 11.3 Å². The van der Waals surface area contributed by atoms with E-state index in [0.29, 0.717) is 19.0 Å². The average molecular weight is 409 g/mol. The molecule has 0 radical (unpaired) electrons. The molecule has 152 valence electrons. The van der Waals surface area contributed by atoms with E-state index in [1.54, 1.807) is 7.11 Å². The smallest absolute Gasteiger partial charge is 0.222 e. The van der Waals surface area contributed by atoms with Crippen LogP contribution in [0, 0.1) is 0 Å². The number of benzene rings is 2. The average Bonchev–Trinajstić information content (AvgIpc) is 3.05. The Morgan fingerprint density at radius 1 is 1.14 bits per heavy atom. The fourth-order valence-corrected chi connectivity index (χ4v) is 5.20. The fourth-order valence-electron chi connectivity index (χ4n) is 4.07. The van der Waals surface area contributed by atoms with Crippen LogP contribution < -0.4 is 4.74 Å². The summed E-state index contributed by atoms with van der Waals surface area (Å²) in [6, 6.07) is 19.3. The van der Waals surface area contributed by atoms with Crippen LogP contribution in [0.2, 0.25) is 0 Å². The van der Waals surface area contributed by atoms with Gasteiger partial charge < -0.3 is 9.64 Å². The summed E-state index contributed by atoms with van der Waals surface area (Å²) in [6.07, 6.45) is 2.57. The van der Waals surface area contributed by atoms with Gasteiger partial charge in [0.2, 0.25) is 5.91 Å². The van der Waals surface area contributed by atoms with Crippen molar-refractivity contribution in [1.82, 2.24) is 9.80 Å². The molecule has 1 fully saturated rings. The molecule has 1 aliphatic rings. The minimum Gasteiger partial charge on any atom is -0.497 e. The summed E-state index contributed by atoms with van der Waals surface area (Å²) in [4.78, 5) is 18.5. The van der Waals surface area contributed by atoms with E-state index in [0.717, 1.165) is 37.2 Å². The van der Waals surface area contributed by atoms with Gasteiger partial charge >= 0.3 is 0 Å². The van der Waals surface area contributed by atoms with Crippen molar-refractivity contribution in [3.63, 3.8) is 0 Å². The second kappa shape index (κ2) is 8.97. The Morgan fingerprint density at radius 2 is 1.93 bits per heavy atom. The first-order valence-electron chi connectivity index (χ1n) is 10.2. The molecule has 1 amide bonds. The highest BCUT2D eigenvalue weighted by Gasteiger charge is 2.25. The van der Waals surface area contributed by atoms with Crippen LogP contribution in [-0.2, 0) is 17.9 Å². The van der Waals surface area contributed by atoms with Gasteiger partial charge in [-0.3, -0.25) is 9.69 Å². The summed E-state index contributed by atoms with van der Waals surface area (Å²) in [7, 11) is 3.86. The number of fused-ring (bicyclic) bond motifs is 1. The predicted octanol–water partition coefficient (Wildman–Crippen LogP) is 4.92. The van der Waals surface area contributed by atoms with E-state index in [1.807, 2.05) is 40.5 Å². The molecule has 0 unspecified atom stereocenters. The maximum atomic E-state index is 12.7. The molecule has 0 saturated carbocycles. The zero-order chi connectivity index (χ0) is 20.2. The third kappa shape index (κ3) is 4.80. The second-order valence-electron chi connectivity index (χ2n) is 7.81. The molecule has 2 aromatic carbocycles. The lowest BCUT2D eigenvalue weighted by molar-refractivity contribution is -0.131.